The largest absolute Gasteiger partial charge is 0.359 e. The minimum Gasteiger partial charge on any atom is -0.359 e. The molecule has 8 nitrogen and oxygen atoms in total. The van der Waals surface area contributed by atoms with E-state index in [9.17, 15) is 25.9 Å². The topological polar surface area (TPSA) is 133 Å². The Morgan fingerprint density at radius 3 is 1.21 bits per heavy atom. The summed E-state index contributed by atoms with van der Waals surface area (Å²) in [6.07, 6.45) is 7.34. The molecule has 0 aliphatic carbocycles. The third-order valence-electron chi connectivity index (χ3n) is 5.67. The summed E-state index contributed by atoms with van der Waals surface area (Å²) in [4.78, 5) is -0.349. The van der Waals surface area contributed by atoms with E-state index in [1.54, 1.807) is 36.7 Å². The van der Waals surface area contributed by atoms with E-state index in [4.69, 9.17) is 0 Å². The van der Waals surface area contributed by atoms with Gasteiger partial charge in [-0.3, -0.25) is 9.11 Å². The zero-order valence-corrected chi connectivity index (χ0v) is 19.1. The average molecular weight is 495 g/mol. The molecule has 2 aliphatic rings. The van der Waals surface area contributed by atoms with Crippen molar-refractivity contribution in [2.75, 3.05) is 10.6 Å². The highest BCUT2D eigenvalue weighted by atomic mass is 32.2. The van der Waals surface area contributed by atoms with Gasteiger partial charge in [-0.2, -0.15) is 16.8 Å². The number of allylic oxidation sites excluding steroid dienone is 2. The summed E-state index contributed by atoms with van der Waals surface area (Å²) >= 11 is 0. The lowest BCUT2D eigenvalue weighted by Crippen LogP contribution is -2.25. The Balaban J connectivity index is 1.68. The van der Waals surface area contributed by atoms with Crippen molar-refractivity contribution in [3.8, 4) is 0 Å². The van der Waals surface area contributed by atoms with Crippen molar-refractivity contribution in [2.24, 2.45) is 0 Å². The van der Waals surface area contributed by atoms with Crippen LogP contribution in [0.15, 0.2) is 95.0 Å². The van der Waals surface area contributed by atoms with Crippen molar-refractivity contribution in [1.82, 2.24) is 0 Å². The summed E-state index contributed by atoms with van der Waals surface area (Å²) in [6.45, 7) is 0. The van der Waals surface area contributed by atoms with Gasteiger partial charge in [-0.25, -0.2) is 0 Å². The van der Waals surface area contributed by atoms with Crippen LogP contribution in [0.5, 0.6) is 0 Å². The molecule has 0 fully saturated rings. The Hall–Kier alpha value is -3.70. The number of anilines is 2. The number of hydrogen-bond acceptors (Lipinski definition) is 6. The van der Waals surface area contributed by atoms with Crippen LogP contribution in [0, 0.1) is 0 Å². The summed E-state index contributed by atoms with van der Waals surface area (Å²) < 4.78 is 63.9. The fourth-order valence-corrected chi connectivity index (χ4v) is 5.02. The van der Waals surface area contributed by atoms with Crippen molar-refractivity contribution >= 4 is 42.8 Å². The molecule has 4 N–H and O–H groups in total. The number of hydrogen-bond donors (Lipinski definition) is 4. The molecule has 0 bridgehead atoms. The lowest BCUT2D eigenvalue weighted by Gasteiger charge is -2.20. The quantitative estimate of drug-likeness (QED) is 0.407. The monoisotopic (exact) mass is 494 g/mol. The van der Waals surface area contributed by atoms with Crippen LogP contribution in [0.3, 0.4) is 0 Å². The van der Waals surface area contributed by atoms with Crippen molar-refractivity contribution in [2.45, 2.75) is 9.79 Å². The molecule has 0 atom stereocenters. The van der Waals surface area contributed by atoms with E-state index in [2.05, 4.69) is 10.6 Å². The van der Waals surface area contributed by atoms with Crippen LogP contribution in [0.25, 0.3) is 11.1 Å². The zero-order chi connectivity index (χ0) is 24.1. The average Bonchev–Trinajstić information content (AvgIpc) is 2.82. The molecule has 0 radical (unpaired) electrons. The van der Waals surface area contributed by atoms with Gasteiger partial charge in [-0.05, 0) is 58.7 Å². The minimum atomic E-state index is -4.27. The van der Waals surface area contributed by atoms with Crippen LogP contribution < -0.4 is 21.1 Å². The first-order valence-electron chi connectivity index (χ1n) is 10.1. The van der Waals surface area contributed by atoms with Crippen LogP contribution in [0.2, 0.25) is 0 Å². The van der Waals surface area contributed by atoms with E-state index in [0.29, 0.717) is 0 Å². The SMILES string of the molecule is O=S(=O)(O)c1ccc(C2=c3ccc4c(c3NC=C2)NC=CC=4c2ccc(S(=O)(=O)O)cc2)cc1. The maximum atomic E-state index is 11.4. The molecule has 2 aliphatic heterocycles. The maximum absolute atomic E-state index is 11.4. The van der Waals surface area contributed by atoms with Crippen molar-refractivity contribution in [3.05, 3.63) is 107 Å². The molecule has 0 amide bonds. The van der Waals surface area contributed by atoms with Gasteiger partial charge in [-0.15, -0.1) is 0 Å². The van der Waals surface area contributed by atoms with E-state index in [1.807, 2.05) is 24.3 Å². The second-order valence-electron chi connectivity index (χ2n) is 7.69. The van der Waals surface area contributed by atoms with Gasteiger partial charge in [0.25, 0.3) is 20.2 Å². The van der Waals surface area contributed by atoms with Gasteiger partial charge in [0.2, 0.25) is 0 Å². The van der Waals surface area contributed by atoms with Crippen molar-refractivity contribution in [1.29, 1.82) is 0 Å². The second kappa shape index (κ2) is 7.96. The zero-order valence-electron chi connectivity index (χ0n) is 17.4. The van der Waals surface area contributed by atoms with E-state index in [1.165, 1.54) is 24.3 Å². The van der Waals surface area contributed by atoms with Crippen LogP contribution in [0.4, 0.5) is 11.4 Å². The number of rotatable bonds is 4. The van der Waals surface area contributed by atoms with Gasteiger partial charge in [0, 0.05) is 22.8 Å². The van der Waals surface area contributed by atoms with E-state index in [-0.39, 0.29) is 9.79 Å². The van der Waals surface area contributed by atoms with Gasteiger partial charge in [0.15, 0.2) is 0 Å². The predicted molar refractivity (Wildman–Crippen MR) is 129 cm³/mol. The fourth-order valence-electron chi connectivity index (χ4n) is 4.06. The minimum absolute atomic E-state index is 0.175. The Morgan fingerprint density at radius 2 is 0.882 bits per heavy atom. The molecule has 0 aromatic heterocycles. The number of fused-ring (bicyclic) bond motifs is 3. The molecular formula is C24H18N2O6S2. The molecule has 0 saturated carbocycles. The third-order valence-corrected chi connectivity index (χ3v) is 7.40. The first kappa shape index (κ1) is 22.1. The Kier molecular flexibility index (Phi) is 5.18. The van der Waals surface area contributed by atoms with E-state index in [0.717, 1.165) is 44.1 Å². The molecule has 0 unspecified atom stereocenters. The van der Waals surface area contributed by atoms with Gasteiger partial charge < -0.3 is 10.6 Å². The second-order valence-corrected chi connectivity index (χ2v) is 10.5. The normalized spacial score (nSPS) is 14.8. The third kappa shape index (κ3) is 3.93. The Bertz CT molecular complexity index is 1590. The first-order valence-corrected chi connectivity index (χ1v) is 12.9. The van der Waals surface area contributed by atoms with Gasteiger partial charge >= 0.3 is 0 Å². The van der Waals surface area contributed by atoms with Crippen LogP contribution in [-0.2, 0) is 20.2 Å². The molecule has 3 aromatic carbocycles. The molecule has 3 aromatic rings. The lowest BCUT2D eigenvalue weighted by molar-refractivity contribution is 0.481. The molecule has 0 saturated heterocycles. The molecular weight excluding hydrogens is 476 g/mol. The predicted octanol–water partition coefficient (Wildman–Crippen LogP) is 2.46. The molecule has 34 heavy (non-hydrogen) atoms. The van der Waals surface area contributed by atoms with Crippen LogP contribution >= 0.6 is 0 Å². The highest BCUT2D eigenvalue weighted by Crippen LogP contribution is 2.26. The van der Waals surface area contributed by atoms with Gasteiger partial charge in [-0.1, -0.05) is 36.4 Å². The van der Waals surface area contributed by atoms with E-state index < -0.39 is 20.2 Å². The summed E-state index contributed by atoms with van der Waals surface area (Å²) in [7, 11) is -8.55. The standard InChI is InChI=1S/C24H18N2O6S2/c27-33(28,29)17-5-1-15(2-6-17)19-11-13-25-23-21(19)9-10-22-20(12-14-26-24(22)23)16-3-7-18(8-4-16)34(30,31)32/h1-14,25-26H,(H,27,28,29)(H,30,31,32). The highest BCUT2D eigenvalue weighted by molar-refractivity contribution is 7.86. The molecule has 2 heterocycles. The van der Waals surface area contributed by atoms with Gasteiger partial charge in [0.05, 0.1) is 21.2 Å². The van der Waals surface area contributed by atoms with Crippen LogP contribution in [-0.4, -0.2) is 25.9 Å². The number of benzene rings is 3. The summed E-state index contributed by atoms with van der Waals surface area (Å²) in [5.74, 6) is 0. The number of nitrogens with one attached hydrogen (secondary N) is 2. The summed E-state index contributed by atoms with van der Waals surface area (Å²) in [5, 5.41) is 8.32. The van der Waals surface area contributed by atoms with Gasteiger partial charge in [0.1, 0.15) is 0 Å². The summed E-state index contributed by atoms with van der Waals surface area (Å²) in [5.41, 5.74) is 4.95. The fraction of sp³-hybridized carbons (Fsp3) is 0. The van der Waals surface area contributed by atoms with Crippen molar-refractivity contribution in [3.63, 3.8) is 0 Å². The smallest absolute Gasteiger partial charge is 0.294 e. The molecule has 10 heteroatoms. The summed E-state index contributed by atoms with van der Waals surface area (Å²) in [6, 6.07) is 15.9. The highest BCUT2D eigenvalue weighted by Gasteiger charge is 2.17. The Morgan fingerprint density at radius 1 is 0.529 bits per heavy atom. The molecule has 172 valence electrons. The lowest BCUT2D eigenvalue weighted by atomic mass is 9.95. The molecule has 0 spiro atoms. The molecule has 5 rings (SSSR count). The van der Waals surface area contributed by atoms with Crippen LogP contribution in [0.1, 0.15) is 11.1 Å². The van der Waals surface area contributed by atoms with Crippen molar-refractivity contribution < 1.29 is 25.9 Å². The first-order chi connectivity index (χ1) is 16.1. The Labute approximate surface area is 195 Å². The van der Waals surface area contributed by atoms with E-state index >= 15 is 0 Å². The maximum Gasteiger partial charge on any atom is 0.294 e.